The van der Waals surface area contributed by atoms with E-state index in [-0.39, 0.29) is 21.2 Å². The molecule has 0 aliphatic heterocycles. The third-order valence-corrected chi connectivity index (χ3v) is 15.4. The van der Waals surface area contributed by atoms with E-state index in [1.807, 2.05) is 30.3 Å². The van der Waals surface area contributed by atoms with Crippen LogP contribution in [0.5, 0.6) is 0 Å². The summed E-state index contributed by atoms with van der Waals surface area (Å²) in [5.74, 6) is 0.434. The summed E-state index contributed by atoms with van der Waals surface area (Å²) in [6.07, 6.45) is 0. The highest BCUT2D eigenvalue weighted by atomic mass is 28.3. The number of nitro groups is 2. The summed E-state index contributed by atoms with van der Waals surface area (Å²) >= 11 is 0. The van der Waals surface area contributed by atoms with Gasteiger partial charge in [-0.1, -0.05) is 185 Å². The van der Waals surface area contributed by atoms with E-state index in [9.17, 15) is 20.2 Å². The van der Waals surface area contributed by atoms with Crippen LogP contribution in [0.15, 0.2) is 152 Å². The zero-order chi connectivity index (χ0) is 42.2. The second-order valence-corrected chi connectivity index (χ2v) is 27.9. The number of benzene rings is 7. The molecule has 0 aromatic heterocycles. The van der Waals surface area contributed by atoms with Gasteiger partial charge in [0.2, 0.25) is 0 Å². The number of hydrogen-bond donors (Lipinski definition) is 0. The SMILES string of the molecule is CC(C)c1ccc(-c2ccc(-c3cc(-c4c(-c5ccc([Si](C)(C)C)cc5)cccc4[N+](=O)[O-])cc(-c4c(-c5ccc([Si](C)(C)C)cc5)cccc4[N+](=O)[O-])c3)cc2)cc1. The van der Waals surface area contributed by atoms with E-state index >= 15 is 0 Å². The first-order valence-electron chi connectivity index (χ1n) is 20.1. The second kappa shape index (κ2) is 16.2. The molecule has 0 unspecified atom stereocenters. The van der Waals surface area contributed by atoms with E-state index in [2.05, 4.69) is 150 Å². The van der Waals surface area contributed by atoms with Gasteiger partial charge in [-0.05, 0) is 85.3 Å². The summed E-state index contributed by atoms with van der Waals surface area (Å²) in [4.78, 5) is 25.1. The summed E-state index contributed by atoms with van der Waals surface area (Å²) in [7, 11) is -3.22. The van der Waals surface area contributed by atoms with Crippen molar-refractivity contribution in [2.45, 2.75) is 59.0 Å². The zero-order valence-electron chi connectivity index (χ0n) is 35.0. The third-order valence-electron chi connectivity index (χ3n) is 11.2. The highest BCUT2D eigenvalue weighted by Gasteiger charge is 2.26. The number of rotatable bonds is 11. The fourth-order valence-electron chi connectivity index (χ4n) is 7.77. The molecule has 0 spiro atoms. The van der Waals surface area contributed by atoms with E-state index in [0.717, 1.165) is 33.4 Å². The summed E-state index contributed by atoms with van der Waals surface area (Å²) in [6.45, 7) is 18.1. The first-order valence-corrected chi connectivity index (χ1v) is 27.1. The fourth-order valence-corrected chi connectivity index (χ4v) is 10.1. The smallest absolute Gasteiger partial charge is 0.258 e. The van der Waals surface area contributed by atoms with E-state index in [1.165, 1.54) is 28.1 Å². The molecular weight excluding hydrogens is 761 g/mol. The van der Waals surface area contributed by atoms with Crippen LogP contribution in [0.4, 0.5) is 11.4 Å². The van der Waals surface area contributed by atoms with Gasteiger partial charge in [-0.15, -0.1) is 0 Å². The Kier molecular flexibility index (Phi) is 11.2. The van der Waals surface area contributed by atoms with Crippen LogP contribution in [0.1, 0.15) is 25.3 Å². The van der Waals surface area contributed by atoms with Crippen molar-refractivity contribution in [1.29, 1.82) is 0 Å². The molecule has 0 radical (unpaired) electrons. The maximum absolute atomic E-state index is 12.9. The zero-order valence-corrected chi connectivity index (χ0v) is 37.0. The monoisotopic (exact) mass is 810 g/mol. The Morgan fingerprint density at radius 3 is 1.07 bits per heavy atom. The molecule has 0 heterocycles. The molecule has 7 rings (SSSR count). The van der Waals surface area contributed by atoms with Crippen LogP contribution >= 0.6 is 0 Å². The number of nitro benzene ring substituents is 2. The summed E-state index contributed by atoms with van der Waals surface area (Å²) in [6, 6.07) is 49.9. The quantitative estimate of drug-likeness (QED) is 0.0740. The molecule has 0 aliphatic carbocycles. The predicted octanol–water partition coefficient (Wildman–Crippen LogP) is 13.7. The van der Waals surface area contributed by atoms with Crippen molar-refractivity contribution in [3.05, 3.63) is 177 Å². The molecule has 0 aliphatic rings. The van der Waals surface area contributed by atoms with Gasteiger partial charge in [0.15, 0.2) is 0 Å². The van der Waals surface area contributed by atoms with Crippen LogP contribution in [-0.4, -0.2) is 26.0 Å². The van der Waals surface area contributed by atoms with Gasteiger partial charge in [0.1, 0.15) is 0 Å². The number of nitrogens with zero attached hydrogens (tertiary/aromatic N) is 2. The van der Waals surface area contributed by atoms with Crippen LogP contribution in [-0.2, 0) is 0 Å². The third kappa shape index (κ3) is 8.65. The van der Waals surface area contributed by atoms with Crippen LogP contribution in [0.3, 0.4) is 0 Å². The first kappa shape index (κ1) is 41.0. The van der Waals surface area contributed by atoms with E-state index < -0.39 is 16.1 Å². The minimum absolute atomic E-state index is 0.0372. The largest absolute Gasteiger partial charge is 0.277 e. The molecule has 7 aromatic rings. The Morgan fingerprint density at radius 2 is 0.729 bits per heavy atom. The van der Waals surface area contributed by atoms with Crippen molar-refractivity contribution in [3.8, 4) is 66.8 Å². The van der Waals surface area contributed by atoms with E-state index in [1.54, 1.807) is 12.1 Å². The van der Waals surface area contributed by atoms with Gasteiger partial charge in [0.25, 0.3) is 11.4 Å². The maximum atomic E-state index is 12.9. The normalized spacial score (nSPS) is 11.8. The maximum Gasteiger partial charge on any atom is 0.277 e. The molecule has 7 aromatic carbocycles. The van der Waals surface area contributed by atoms with Gasteiger partial charge in [0.05, 0.1) is 37.1 Å². The van der Waals surface area contributed by atoms with Crippen LogP contribution in [0, 0.1) is 20.2 Å². The molecule has 0 saturated carbocycles. The Hall–Kier alpha value is -6.23. The minimum atomic E-state index is -1.61. The van der Waals surface area contributed by atoms with E-state index in [4.69, 9.17) is 0 Å². The Morgan fingerprint density at radius 1 is 0.407 bits per heavy atom. The molecule has 0 saturated heterocycles. The van der Waals surface area contributed by atoms with Crippen LogP contribution in [0.25, 0.3) is 66.8 Å². The second-order valence-electron chi connectivity index (χ2n) is 17.7. The Labute approximate surface area is 349 Å². The van der Waals surface area contributed by atoms with Gasteiger partial charge in [-0.3, -0.25) is 20.2 Å². The predicted molar refractivity (Wildman–Crippen MR) is 252 cm³/mol. The molecule has 0 bridgehead atoms. The molecule has 6 nitrogen and oxygen atoms in total. The van der Waals surface area contributed by atoms with Gasteiger partial charge in [0, 0.05) is 12.1 Å². The number of hydrogen-bond acceptors (Lipinski definition) is 4. The van der Waals surface area contributed by atoms with Crippen molar-refractivity contribution in [3.63, 3.8) is 0 Å². The first-order chi connectivity index (χ1) is 28.0. The van der Waals surface area contributed by atoms with Gasteiger partial charge >= 0.3 is 0 Å². The van der Waals surface area contributed by atoms with Crippen molar-refractivity contribution in [1.82, 2.24) is 0 Å². The lowest BCUT2D eigenvalue weighted by Crippen LogP contribution is -2.37. The van der Waals surface area contributed by atoms with Crippen molar-refractivity contribution < 1.29 is 9.85 Å². The van der Waals surface area contributed by atoms with Gasteiger partial charge < -0.3 is 0 Å². The topological polar surface area (TPSA) is 86.3 Å². The molecule has 296 valence electrons. The molecule has 0 N–H and O–H groups in total. The Bertz CT molecular complexity index is 2540. The van der Waals surface area contributed by atoms with Crippen LogP contribution < -0.4 is 10.4 Å². The lowest BCUT2D eigenvalue weighted by Gasteiger charge is -2.19. The molecule has 59 heavy (non-hydrogen) atoms. The standard InChI is InChI=1S/C51H50N2O4Si2/c1-34(2)35-15-17-36(18-16-35)37-19-21-38(22-20-37)41-31-42(50-46(11-9-13-48(50)52(54)55)39-23-27-44(28-24-39)58(3,4)5)33-43(32-41)51-47(12-10-14-49(51)53(56)57)40-25-29-45(30-26-40)59(6,7)8/h9-34H,1-8H3. The fraction of sp³-hybridized carbons (Fsp3) is 0.176. The average Bonchev–Trinajstić information content (AvgIpc) is 3.22. The van der Waals surface area contributed by atoms with Gasteiger partial charge in [-0.2, -0.15) is 0 Å². The lowest BCUT2D eigenvalue weighted by molar-refractivity contribution is -0.384. The van der Waals surface area contributed by atoms with E-state index in [0.29, 0.717) is 39.3 Å². The molecule has 8 heteroatoms. The van der Waals surface area contributed by atoms with Crippen molar-refractivity contribution in [2.24, 2.45) is 0 Å². The van der Waals surface area contributed by atoms with Gasteiger partial charge in [-0.25, -0.2) is 0 Å². The van der Waals surface area contributed by atoms with Crippen molar-refractivity contribution in [2.75, 3.05) is 0 Å². The average molecular weight is 811 g/mol. The summed E-state index contributed by atoms with van der Waals surface area (Å²) in [5, 5.41) is 28.4. The molecule has 0 amide bonds. The molecule has 0 atom stereocenters. The Balaban J connectivity index is 1.48. The lowest BCUT2D eigenvalue weighted by atomic mass is 9.86. The minimum Gasteiger partial charge on any atom is -0.258 e. The molecular formula is C51H50N2O4Si2. The summed E-state index contributed by atoms with van der Waals surface area (Å²) in [5.41, 5.74) is 10.3. The highest BCUT2D eigenvalue weighted by Crippen LogP contribution is 2.46. The van der Waals surface area contributed by atoms with Crippen LogP contribution in [0.2, 0.25) is 39.3 Å². The van der Waals surface area contributed by atoms with Crippen molar-refractivity contribution >= 4 is 37.9 Å². The molecule has 0 fully saturated rings. The summed E-state index contributed by atoms with van der Waals surface area (Å²) < 4.78 is 0. The highest BCUT2D eigenvalue weighted by molar-refractivity contribution is 6.89.